The van der Waals surface area contributed by atoms with Gasteiger partial charge in [0, 0.05) is 30.9 Å². The molecule has 0 amide bonds. The third-order valence-electron chi connectivity index (χ3n) is 4.03. The van der Waals surface area contributed by atoms with Crippen molar-refractivity contribution in [3.63, 3.8) is 0 Å². The molecule has 0 radical (unpaired) electrons. The first-order valence-corrected chi connectivity index (χ1v) is 7.12. The highest BCUT2D eigenvalue weighted by Crippen LogP contribution is 2.28. The van der Waals surface area contributed by atoms with Gasteiger partial charge in [-0.2, -0.15) is 0 Å². The van der Waals surface area contributed by atoms with Gasteiger partial charge in [-0.05, 0) is 44.2 Å². The molecule has 1 atom stereocenters. The van der Waals surface area contributed by atoms with Crippen LogP contribution < -0.4 is 10.6 Å². The van der Waals surface area contributed by atoms with E-state index in [-0.39, 0.29) is 0 Å². The molecule has 1 aliphatic rings. The van der Waals surface area contributed by atoms with Crippen LogP contribution in [-0.4, -0.2) is 18.1 Å². The number of anilines is 1. The first kappa shape index (κ1) is 13.3. The maximum Gasteiger partial charge on any atom is 0.133 e. The van der Waals surface area contributed by atoms with Crippen LogP contribution in [0.4, 0.5) is 5.82 Å². The van der Waals surface area contributed by atoms with Gasteiger partial charge in [0.15, 0.2) is 0 Å². The van der Waals surface area contributed by atoms with Crippen LogP contribution >= 0.6 is 0 Å². The number of pyridine rings is 1. The lowest BCUT2D eigenvalue weighted by molar-refractivity contribution is 0.608. The second-order valence-corrected chi connectivity index (χ2v) is 5.38. The van der Waals surface area contributed by atoms with Crippen molar-refractivity contribution in [1.29, 1.82) is 0 Å². The monoisotopic (exact) mass is 247 g/mol. The van der Waals surface area contributed by atoms with Crippen LogP contribution in [0.3, 0.4) is 0 Å². The van der Waals surface area contributed by atoms with Crippen LogP contribution in [0.2, 0.25) is 0 Å². The standard InChI is InChI=1S/C15H25N3/c1-4-6-11(2)18(3)15-13(10-16)9-12-7-5-8-14(12)17-15/h9,11H,4-8,10,16H2,1-3H3. The molecule has 0 spiro atoms. The summed E-state index contributed by atoms with van der Waals surface area (Å²) in [5, 5.41) is 0. The lowest BCUT2D eigenvalue weighted by Gasteiger charge is -2.28. The predicted octanol–water partition coefficient (Wildman–Crippen LogP) is 2.65. The summed E-state index contributed by atoms with van der Waals surface area (Å²) < 4.78 is 0. The maximum absolute atomic E-state index is 5.89. The average molecular weight is 247 g/mol. The minimum absolute atomic E-state index is 0.521. The molecule has 3 heteroatoms. The van der Waals surface area contributed by atoms with Crippen molar-refractivity contribution < 1.29 is 0 Å². The van der Waals surface area contributed by atoms with Gasteiger partial charge in [0.1, 0.15) is 5.82 Å². The molecule has 0 saturated carbocycles. The van der Waals surface area contributed by atoms with Crippen molar-refractivity contribution in [2.24, 2.45) is 5.73 Å². The number of hydrogen-bond acceptors (Lipinski definition) is 3. The third-order valence-corrected chi connectivity index (χ3v) is 4.03. The molecule has 0 aromatic carbocycles. The quantitative estimate of drug-likeness (QED) is 0.869. The molecule has 0 bridgehead atoms. The smallest absolute Gasteiger partial charge is 0.133 e. The Labute approximate surface area is 110 Å². The molecule has 1 aliphatic carbocycles. The van der Waals surface area contributed by atoms with Crippen molar-refractivity contribution in [2.75, 3.05) is 11.9 Å². The average Bonchev–Trinajstić information content (AvgIpc) is 2.83. The second kappa shape index (κ2) is 5.70. The minimum atomic E-state index is 0.521. The third kappa shape index (κ3) is 2.51. The van der Waals surface area contributed by atoms with E-state index in [1.807, 2.05) is 0 Å². The summed E-state index contributed by atoms with van der Waals surface area (Å²) in [5.41, 5.74) is 9.79. The molecule has 3 nitrogen and oxygen atoms in total. The summed E-state index contributed by atoms with van der Waals surface area (Å²) in [6, 6.07) is 2.80. The fourth-order valence-electron chi connectivity index (χ4n) is 2.78. The van der Waals surface area contributed by atoms with E-state index in [1.165, 1.54) is 42.5 Å². The highest BCUT2D eigenvalue weighted by atomic mass is 15.2. The van der Waals surface area contributed by atoms with E-state index in [0.717, 1.165) is 12.2 Å². The van der Waals surface area contributed by atoms with Crippen LogP contribution in [0.25, 0.3) is 0 Å². The number of nitrogens with two attached hydrogens (primary N) is 1. The molecule has 2 N–H and O–H groups in total. The molecule has 0 saturated heterocycles. The Morgan fingerprint density at radius 1 is 1.44 bits per heavy atom. The van der Waals surface area contributed by atoms with E-state index in [9.17, 15) is 0 Å². The molecule has 0 aliphatic heterocycles. The predicted molar refractivity (Wildman–Crippen MR) is 76.9 cm³/mol. The molecular formula is C15H25N3. The summed E-state index contributed by atoms with van der Waals surface area (Å²) in [6.07, 6.45) is 5.94. The highest BCUT2D eigenvalue weighted by molar-refractivity contribution is 5.51. The topological polar surface area (TPSA) is 42.2 Å². The summed E-state index contributed by atoms with van der Waals surface area (Å²) in [7, 11) is 2.14. The largest absolute Gasteiger partial charge is 0.357 e. The molecule has 18 heavy (non-hydrogen) atoms. The fraction of sp³-hybridized carbons (Fsp3) is 0.667. The number of hydrogen-bond donors (Lipinski definition) is 1. The first-order valence-electron chi connectivity index (χ1n) is 7.12. The maximum atomic E-state index is 5.89. The zero-order valence-corrected chi connectivity index (χ0v) is 11.9. The molecule has 1 unspecified atom stereocenters. The Hall–Kier alpha value is -1.09. The van der Waals surface area contributed by atoms with Gasteiger partial charge in [0.2, 0.25) is 0 Å². The normalized spacial score (nSPS) is 15.6. The van der Waals surface area contributed by atoms with Crippen LogP contribution in [0.1, 0.15) is 49.9 Å². The molecule has 1 aromatic heterocycles. The molecule has 1 aromatic rings. The SMILES string of the molecule is CCCC(C)N(C)c1nc2c(cc1CN)CCC2. The van der Waals surface area contributed by atoms with E-state index in [4.69, 9.17) is 10.7 Å². The number of rotatable bonds is 5. The summed E-state index contributed by atoms with van der Waals surface area (Å²) in [6.45, 7) is 5.07. The highest BCUT2D eigenvalue weighted by Gasteiger charge is 2.19. The number of nitrogens with zero attached hydrogens (tertiary/aromatic N) is 2. The lowest BCUT2D eigenvalue weighted by atomic mass is 10.1. The molecule has 1 heterocycles. The van der Waals surface area contributed by atoms with E-state index in [2.05, 4.69) is 31.9 Å². The van der Waals surface area contributed by atoms with Crippen LogP contribution in [-0.2, 0) is 19.4 Å². The van der Waals surface area contributed by atoms with E-state index in [0.29, 0.717) is 12.6 Å². The zero-order chi connectivity index (χ0) is 13.1. The second-order valence-electron chi connectivity index (χ2n) is 5.38. The molecule has 100 valence electrons. The van der Waals surface area contributed by atoms with Gasteiger partial charge in [0.05, 0.1) is 0 Å². The van der Waals surface area contributed by atoms with E-state index < -0.39 is 0 Å². The zero-order valence-electron chi connectivity index (χ0n) is 11.9. The van der Waals surface area contributed by atoms with Crippen molar-refractivity contribution in [2.45, 2.75) is 58.5 Å². The summed E-state index contributed by atoms with van der Waals surface area (Å²) >= 11 is 0. The van der Waals surface area contributed by atoms with Crippen LogP contribution in [0.15, 0.2) is 6.07 Å². The van der Waals surface area contributed by atoms with Gasteiger partial charge in [-0.25, -0.2) is 4.98 Å². The fourth-order valence-corrected chi connectivity index (χ4v) is 2.78. The minimum Gasteiger partial charge on any atom is -0.357 e. The molecule has 2 rings (SSSR count). The lowest BCUT2D eigenvalue weighted by Crippen LogP contribution is -2.31. The Kier molecular flexibility index (Phi) is 4.23. The Morgan fingerprint density at radius 3 is 2.89 bits per heavy atom. The van der Waals surface area contributed by atoms with Crippen LogP contribution in [0, 0.1) is 0 Å². The van der Waals surface area contributed by atoms with Gasteiger partial charge in [-0.1, -0.05) is 13.3 Å². The Morgan fingerprint density at radius 2 is 2.22 bits per heavy atom. The van der Waals surface area contributed by atoms with Gasteiger partial charge in [-0.15, -0.1) is 0 Å². The number of aryl methyl sites for hydroxylation is 2. The number of fused-ring (bicyclic) bond motifs is 1. The van der Waals surface area contributed by atoms with Gasteiger partial charge < -0.3 is 10.6 Å². The number of aromatic nitrogens is 1. The van der Waals surface area contributed by atoms with Crippen molar-refractivity contribution >= 4 is 5.82 Å². The molecule has 0 fully saturated rings. The van der Waals surface area contributed by atoms with Crippen LogP contribution in [0.5, 0.6) is 0 Å². The summed E-state index contributed by atoms with van der Waals surface area (Å²) in [4.78, 5) is 7.17. The molecular weight excluding hydrogens is 222 g/mol. The Balaban J connectivity index is 2.31. The Bertz CT molecular complexity index is 414. The van der Waals surface area contributed by atoms with Crippen molar-refractivity contribution in [3.8, 4) is 0 Å². The first-order chi connectivity index (χ1) is 8.67. The summed E-state index contributed by atoms with van der Waals surface area (Å²) in [5.74, 6) is 1.10. The van der Waals surface area contributed by atoms with E-state index in [1.54, 1.807) is 0 Å². The van der Waals surface area contributed by atoms with Gasteiger partial charge >= 0.3 is 0 Å². The van der Waals surface area contributed by atoms with Crippen molar-refractivity contribution in [1.82, 2.24) is 4.98 Å². The van der Waals surface area contributed by atoms with Gasteiger partial charge in [0.25, 0.3) is 0 Å². The van der Waals surface area contributed by atoms with Gasteiger partial charge in [-0.3, -0.25) is 0 Å². The van der Waals surface area contributed by atoms with Crippen molar-refractivity contribution in [3.05, 3.63) is 22.9 Å². The van der Waals surface area contributed by atoms with E-state index >= 15 is 0 Å².